The molecule has 0 aliphatic heterocycles. The number of aromatic nitrogens is 2. The monoisotopic (exact) mass is 278 g/mol. The van der Waals surface area contributed by atoms with E-state index < -0.39 is 11.6 Å². The summed E-state index contributed by atoms with van der Waals surface area (Å²) in [5.74, 6) is 0.186. The predicted molar refractivity (Wildman–Crippen MR) is 75.3 cm³/mol. The average Bonchev–Trinajstić information content (AvgIpc) is 2.45. The van der Waals surface area contributed by atoms with E-state index in [1.807, 2.05) is 13.8 Å². The van der Waals surface area contributed by atoms with Crippen molar-refractivity contribution in [2.75, 3.05) is 17.7 Å². The molecule has 0 aliphatic carbocycles. The Balaban J connectivity index is 2.39. The Kier molecular flexibility index (Phi) is 4.12. The molecule has 0 atom stereocenters. The number of anilines is 3. The van der Waals surface area contributed by atoms with Crippen molar-refractivity contribution in [3.63, 3.8) is 0 Å². The Morgan fingerprint density at radius 1 is 1.10 bits per heavy atom. The lowest BCUT2D eigenvalue weighted by molar-refractivity contribution is 0.509. The van der Waals surface area contributed by atoms with Gasteiger partial charge in [-0.15, -0.1) is 0 Å². The molecule has 0 amide bonds. The molecule has 2 N–H and O–H groups in total. The smallest absolute Gasteiger partial charge is 0.160 e. The Morgan fingerprint density at radius 2 is 1.80 bits per heavy atom. The molecule has 0 bridgehead atoms. The third kappa shape index (κ3) is 2.84. The number of nitrogens with one attached hydrogen (secondary N) is 2. The predicted octanol–water partition coefficient (Wildman–Crippen LogP) is 3.41. The van der Waals surface area contributed by atoms with Gasteiger partial charge >= 0.3 is 0 Å². The molecule has 1 heterocycles. The van der Waals surface area contributed by atoms with Gasteiger partial charge < -0.3 is 10.6 Å². The van der Waals surface area contributed by atoms with Crippen LogP contribution >= 0.6 is 0 Å². The van der Waals surface area contributed by atoms with E-state index >= 15 is 0 Å². The van der Waals surface area contributed by atoms with Gasteiger partial charge in [0.05, 0.1) is 0 Å². The van der Waals surface area contributed by atoms with Gasteiger partial charge in [0.25, 0.3) is 0 Å². The fourth-order valence-electron chi connectivity index (χ4n) is 1.80. The highest BCUT2D eigenvalue weighted by Gasteiger charge is 2.10. The zero-order valence-corrected chi connectivity index (χ0v) is 11.6. The first-order valence-corrected chi connectivity index (χ1v) is 6.32. The van der Waals surface area contributed by atoms with Crippen LogP contribution in [-0.2, 0) is 6.42 Å². The minimum Gasteiger partial charge on any atom is -0.373 e. The van der Waals surface area contributed by atoms with Gasteiger partial charge in [0.1, 0.15) is 17.5 Å². The molecule has 4 nitrogen and oxygen atoms in total. The van der Waals surface area contributed by atoms with Crippen molar-refractivity contribution in [1.29, 1.82) is 0 Å². The van der Waals surface area contributed by atoms with E-state index in [0.29, 0.717) is 29.6 Å². The lowest BCUT2D eigenvalue weighted by Crippen LogP contribution is -2.07. The zero-order valence-electron chi connectivity index (χ0n) is 11.6. The van der Waals surface area contributed by atoms with Gasteiger partial charge in [-0.2, -0.15) is 0 Å². The first kappa shape index (κ1) is 14.2. The fourth-order valence-corrected chi connectivity index (χ4v) is 1.80. The van der Waals surface area contributed by atoms with Crippen molar-refractivity contribution in [1.82, 2.24) is 9.97 Å². The van der Waals surface area contributed by atoms with Crippen LogP contribution in [0.5, 0.6) is 0 Å². The van der Waals surface area contributed by atoms with E-state index in [1.165, 1.54) is 6.07 Å². The average molecular weight is 278 g/mol. The number of hydrogen-bond acceptors (Lipinski definition) is 4. The van der Waals surface area contributed by atoms with Gasteiger partial charge in [0, 0.05) is 30.8 Å². The molecule has 2 rings (SSSR count). The normalized spacial score (nSPS) is 10.4. The Hall–Kier alpha value is -2.24. The van der Waals surface area contributed by atoms with Crippen LogP contribution in [0.4, 0.5) is 26.1 Å². The summed E-state index contributed by atoms with van der Waals surface area (Å²) >= 11 is 0. The molecule has 1 aromatic heterocycles. The summed E-state index contributed by atoms with van der Waals surface area (Å²) < 4.78 is 26.1. The highest BCUT2D eigenvalue weighted by Crippen LogP contribution is 2.24. The number of benzene rings is 1. The number of nitrogens with zero attached hydrogens (tertiary/aromatic N) is 2. The maximum atomic E-state index is 13.2. The van der Waals surface area contributed by atoms with Gasteiger partial charge in [-0.3, -0.25) is 0 Å². The Morgan fingerprint density at radius 3 is 2.40 bits per heavy atom. The Bertz CT molecular complexity index is 629. The third-order valence-electron chi connectivity index (χ3n) is 2.93. The van der Waals surface area contributed by atoms with Crippen molar-refractivity contribution in [2.24, 2.45) is 0 Å². The lowest BCUT2D eigenvalue weighted by atomic mass is 10.2. The molecule has 0 saturated heterocycles. The van der Waals surface area contributed by atoms with Gasteiger partial charge in [-0.1, -0.05) is 6.92 Å². The van der Waals surface area contributed by atoms with Gasteiger partial charge in [0.2, 0.25) is 0 Å². The first-order valence-electron chi connectivity index (χ1n) is 6.32. The van der Waals surface area contributed by atoms with Crippen LogP contribution in [0.2, 0.25) is 0 Å². The molecule has 20 heavy (non-hydrogen) atoms. The van der Waals surface area contributed by atoms with Crippen LogP contribution in [0.15, 0.2) is 18.2 Å². The van der Waals surface area contributed by atoms with E-state index in [-0.39, 0.29) is 0 Å². The van der Waals surface area contributed by atoms with Gasteiger partial charge in [0.15, 0.2) is 11.6 Å². The number of hydrogen-bond donors (Lipinski definition) is 2. The van der Waals surface area contributed by atoms with E-state index in [4.69, 9.17) is 0 Å². The van der Waals surface area contributed by atoms with E-state index in [1.54, 1.807) is 7.05 Å². The summed E-state index contributed by atoms with van der Waals surface area (Å²) in [5.41, 5.74) is 1.25. The SMILES string of the molecule is CCc1nc(NC)c(C)c(Nc2ccc(F)c(F)c2)n1. The summed E-state index contributed by atoms with van der Waals surface area (Å²) in [6.07, 6.45) is 0.682. The lowest BCUT2D eigenvalue weighted by Gasteiger charge is -2.13. The second-order valence-electron chi connectivity index (χ2n) is 4.32. The second kappa shape index (κ2) is 5.81. The third-order valence-corrected chi connectivity index (χ3v) is 2.93. The quantitative estimate of drug-likeness (QED) is 0.899. The summed E-state index contributed by atoms with van der Waals surface area (Å²) in [4.78, 5) is 8.72. The largest absolute Gasteiger partial charge is 0.373 e. The molecule has 1 aromatic carbocycles. The number of aryl methyl sites for hydroxylation is 1. The minimum absolute atomic E-state index is 0.440. The van der Waals surface area contributed by atoms with Crippen LogP contribution in [0, 0.1) is 18.6 Å². The van der Waals surface area contributed by atoms with Crippen molar-refractivity contribution < 1.29 is 8.78 Å². The molecule has 0 aliphatic rings. The number of rotatable bonds is 4. The highest BCUT2D eigenvalue weighted by molar-refractivity contribution is 5.64. The molecule has 2 aromatic rings. The Labute approximate surface area is 116 Å². The first-order chi connectivity index (χ1) is 9.55. The van der Waals surface area contributed by atoms with Crippen molar-refractivity contribution in [3.05, 3.63) is 41.2 Å². The van der Waals surface area contributed by atoms with E-state index in [0.717, 1.165) is 17.7 Å². The minimum atomic E-state index is -0.897. The standard InChI is InChI=1S/C14H16F2N4/c1-4-12-19-13(17-3)8(2)14(20-12)18-9-5-6-10(15)11(16)7-9/h5-7H,4H2,1-3H3,(H2,17,18,19,20). The van der Waals surface area contributed by atoms with Gasteiger partial charge in [-0.25, -0.2) is 18.7 Å². The molecule has 0 unspecified atom stereocenters. The molecule has 106 valence electrons. The zero-order chi connectivity index (χ0) is 14.7. The van der Waals surface area contributed by atoms with Crippen LogP contribution < -0.4 is 10.6 Å². The second-order valence-corrected chi connectivity index (χ2v) is 4.32. The van der Waals surface area contributed by atoms with Crippen molar-refractivity contribution in [2.45, 2.75) is 20.3 Å². The molecule has 0 fully saturated rings. The molecular formula is C14H16F2N4. The molecule has 0 spiro atoms. The summed E-state index contributed by atoms with van der Waals surface area (Å²) in [6, 6.07) is 3.64. The van der Waals surface area contributed by atoms with Crippen LogP contribution in [0.25, 0.3) is 0 Å². The molecule has 0 saturated carbocycles. The van der Waals surface area contributed by atoms with E-state index in [2.05, 4.69) is 20.6 Å². The highest BCUT2D eigenvalue weighted by atomic mass is 19.2. The summed E-state index contributed by atoms with van der Waals surface area (Å²) in [6.45, 7) is 3.80. The molecular weight excluding hydrogens is 262 g/mol. The fraction of sp³-hybridized carbons (Fsp3) is 0.286. The molecule has 0 radical (unpaired) electrons. The van der Waals surface area contributed by atoms with Crippen molar-refractivity contribution in [3.8, 4) is 0 Å². The molecule has 6 heteroatoms. The van der Waals surface area contributed by atoms with Crippen LogP contribution in [0.1, 0.15) is 18.3 Å². The maximum Gasteiger partial charge on any atom is 0.160 e. The topological polar surface area (TPSA) is 49.8 Å². The van der Waals surface area contributed by atoms with Crippen molar-refractivity contribution >= 4 is 17.3 Å². The van der Waals surface area contributed by atoms with Gasteiger partial charge in [-0.05, 0) is 19.1 Å². The van der Waals surface area contributed by atoms with Crippen LogP contribution in [-0.4, -0.2) is 17.0 Å². The summed E-state index contributed by atoms with van der Waals surface area (Å²) in [7, 11) is 1.77. The maximum absolute atomic E-state index is 13.2. The van der Waals surface area contributed by atoms with Crippen LogP contribution in [0.3, 0.4) is 0 Å². The summed E-state index contributed by atoms with van der Waals surface area (Å²) in [5, 5.41) is 5.98. The number of halogens is 2. The van der Waals surface area contributed by atoms with E-state index in [9.17, 15) is 8.78 Å².